The number of benzene rings is 2. The molecule has 0 atom stereocenters. The van der Waals surface area contributed by atoms with Crippen molar-refractivity contribution in [2.75, 3.05) is 0 Å². The second-order valence-electron chi connectivity index (χ2n) is 10.6. The molecule has 2 fully saturated rings. The van der Waals surface area contributed by atoms with E-state index in [9.17, 15) is 4.79 Å². The smallest absolute Gasteiger partial charge is 0.258 e. The Hall–Kier alpha value is -2.33. The standard InChI is InChI=1S/C30H34N2OS/c33-28-26-27(25-16-8-7-15-24(25)19-30(26)17-9-2-10-18-30)31-29(32(28)20-22-11-5-6-12-22)34-21-23-13-3-1-4-14-23/h1,3-4,7-8,13-16,22H,2,5-6,9-12,17-21H2. The zero-order valence-electron chi connectivity index (χ0n) is 20.0. The molecule has 4 heteroatoms. The average Bonchev–Trinajstić information content (AvgIpc) is 3.39. The fourth-order valence-corrected chi connectivity index (χ4v) is 7.62. The van der Waals surface area contributed by atoms with Gasteiger partial charge in [-0.1, -0.05) is 98.5 Å². The van der Waals surface area contributed by atoms with Crippen molar-refractivity contribution in [2.24, 2.45) is 5.92 Å². The third kappa shape index (κ3) is 4.04. The van der Waals surface area contributed by atoms with Gasteiger partial charge in [0.05, 0.1) is 11.3 Å². The van der Waals surface area contributed by atoms with Crippen LogP contribution in [0.15, 0.2) is 64.5 Å². The van der Waals surface area contributed by atoms with E-state index < -0.39 is 0 Å². The highest BCUT2D eigenvalue weighted by Gasteiger charge is 2.43. The Morgan fingerprint density at radius 3 is 2.44 bits per heavy atom. The Morgan fingerprint density at radius 1 is 0.912 bits per heavy atom. The van der Waals surface area contributed by atoms with Crippen LogP contribution < -0.4 is 5.56 Å². The van der Waals surface area contributed by atoms with E-state index in [-0.39, 0.29) is 11.0 Å². The monoisotopic (exact) mass is 470 g/mol. The molecule has 0 N–H and O–H groups in total. The van der Waals surface area contributed by atoms with Crippen molar-refractivity contribution in [1.82, 2.24) is 9.55 Å². The SMILES string of the molecule is O=c1c2c(nc(SCc3ccccc3)n1CC1CCCC1)-c1ccccc1CC21CCCCC1. The number of nitrogens with zero attached hydrogens (tertiary/aromatic N) is 2. The fourth-order valence-electron chi connectivity index (χ4n) is 6.67. The second kappa shape index (κ2) is 9.37. The van der Waals surface area contributed by atoms with Gasteiger partial charge in [0.2, 0.25) is 0 Å². The van der Waals surface area contributed by atoms with Crippen LogP contribution in [-0.2, 0) is 24.1 Å². The lowest BCUT2D eigenvalue weighted by Gasteiger charge is -2.42. The molecule has 1 spiro atoms. The first kappa shape index (κ1) is 22.2. The first-order valence-electron chi connectivity index (χ1n) is 13.1. The zero-order chi connectivity index (χ0) is 23.0. The van der Waals surface area contributed by atoms with Crippen LogP contribution >= 0.6 is 11.8 Å². The summed E-state index contributed by atoms with van der Waals surface area (Å²) in [6, 6.07) is 19.3. The molecule has 0 bridgehead atoms. The van der Waals surface area contributed by atoms with Crippen LogP contribution in [-0.4, -0.2) is 9.55 Å². The summed E-state index contributed by atoms with van der Waals surface area (Å²) in [5.41, 5.74) is 6.06. The second-order valence-corrected chi connectivity index (χ2v) is 11.6. The minimum atomic E-state index is -0.0356. The van der Waals surface area contributed by atoms with Crippen molar-refractivity contribution in [2.45, 2.75) is 87.1 Å². The van der Waals surface area contributed by atoms with E-state index in [2.05, 4.69) is 59.2 Å². The van der Waals surface area contributed by atoms with E-state index in [1.807, 2.05) is 0 Å². The van der Waals surface area contributed by atoms with Gasteiger partial charge in [0, 0.05) is 23.3 Å². The molecule has 0 aliphatic heterocycles. The first-order chi connectivity index (χ1) is 16.7. The minimum Gasteiger partial charge on any atom is -0.287 e. The van der Waals surface area contributed by atoms with E-state index in [4.69, 9.17) is 4.98 Å². The lowest BCUT2D eigenvalue weighted by Crippen LogP contribution is -2.43. The third-order valence-corrected chi connectivity index (χ3v) is 9.45. The predicted octanol–water partition coefficient (Wildman–Crippen LogP) is 7.15. The molecule has 2 aromatic carbocycles. The van der Waals surface area contributed by atoms with Crippen LogP contribution in [0.5, 0.6) is 0 Å². The molecular weight excluding hydrogens is 436 g/mol. The molecule has 176 valence electrons. The van der Waals surface area contributed by atoms with Gasteiger partial charge < -0.3 is 0 Å². The van der Waals surface area contributed by atoms with Crippen LogP contribution in [0.1, 0.15) is 74.5 Å². The van der Waals surface area contributed by atoms with Gasteiger partial charge in [-0.25, -0.2) is 4.98 Å². The topological polar surface area (TPSA) is 34.9 Å². The van der Waals surface area contributed by atoms with Gasteiger partial charge in [0.1, 0.15) is 0 Å². The lowest BCUT2D eigenvalue weighted by atomic mass is 9.62. The van der Waals surface area contributed by atoms with Gasteiger partial charge in [-0.3, -0.25) is 9.36 Å². The van der Waals surface area contributed by atoms with Gasteiger partial charge in [-0.05, 0) is 49.1 Å². The Morgan fingerprint density at radius 2 is 1.65 bits per heavy atom. The van der Waals surface area contributed by atoms with Crippen molar-refractivity contribution >= 4 is 11.8 Å². The van der Waals surface area contributed by atoms with E-state index in [0.717, 1.165) is 48.0 Å². The number of aromatic nitrogens is 2. The molecule has 3 aromatic rings. The van der Waals surface area contributed by atoms with Crippen LogP contribution in [0.2, 0.25) is 0 Å². The Bertz CT molecular complexity index is 1220. The van der Waals surface area contributed by atoms with Crippen LogP contribution in [0.4, 0.5) is 0 Å². The first-order valence-corrected chi connectivity index (χ1v) is 14.1. The lowest BCUT2D eigenvalue weighted by molar-refractivity contribution is 0.280. The van der Waals surface area contributed by atoms with Crippen molar-refractivity contribution in [3.8, 4) is 11.3 Å². The number of fused-ring (bicyclic) bond motifs is 4. The van der Waals surface area contributed by atoms with Gasteiger partial charge >= 0.3 is 0 Å². The molecule has 0 amide bonds. The Kier molecular flexibility index (Phi) is 6.11. The molecule has 0 radical (unpaired) electrons. The molecule has 0 unspecified atom stereocenters. The van der Waals surface area contributed by atoms with Crippen molar-refractivity contribution in [1.29, 1.82) is 0 Å². The molecule has 3 nitrogen and oxygen atoms in total. The highest BCUT2D eigenvalue weighted by Crippen LogP contribution is 2.49. The van der Waals surface area contributed by atoms with Crippen LogP contribution in [0, 0.1) is 5.92 Å². The summed E-state index contributed by atoms with van der Waals surface area (Å²) < 4.78 is 2.09. The van der Waals surface area contributed by atoms with E-state index in [1.165, 1.54) is 61.6 Å². The van der Waals surface area contributed by atoms with Crippen LogP contribution in [0.25, 0.3) is 11.3 Å². The normalized spacial score (nSPS) is 19.2. The van der Waals surface area contributed by atoms with Gasteiger partial charge in [0.15, 0.2) is 5.16 Å². The summed E-state index contributed by atoms with van der Waals surface area (Å²) in [6.45, 7) is 0.827. The highest BCUT2D eigenvalue weighted by molar-refractivity contribution is 7.98. The molecule has 1 aromatic heterocycles. The Balaban J connectivity index is 1.50. The van der Waals surface area contributed by atoms with Crippen molar-refractivity contribution in [3.63, 3.8) is 0 Å². The molecule has 1 heterocycles. The van der Waals surface area contributed by atoms with E-state index in [1.54, 1.807) is 11.8 Å². The maximum atomic E-state index is 14.4. The van der Waals surface area contributed by atoms with E-state index in [0.29, 0.717) is 5.92 Å². The molecule has 2 saturated carbocycles. The summed E-state index contributed by atoms with van der Waals surface area (Å²) >= 11 is 1.73. The van der Waals surface area contributed by atoms with Crippen molar-refractivity contribution in [3.05, 3.63) is 81.6 Å². The number of hydrogen-bond donors (Lipinski definition) is 0. The quantitative estimate of drug-likeness (QED) is 0.293. The molecule has 34 heavy (non-hydrogen) atoms. The fraction of sp³-hybridized carbons (Fsp3) is 0.467. The minimum absolute atomic E-state index is 0.0356. The summed E-state index contributed by atoms with van der Waals surface area (Å²) in [6.07, 6.45) is 12.0. The van der Waals surface area contributed by atoms with Crippen molar-refractivity contribution < 1.29 is 0 Å². The number of hydrogen-bond acceptors (Lipinski definition) is 3. The third-order valence-electron chi connectivity index (χ3n) is 8.40. The zero-order valence-corrected chi connectivity index (χ0v) is 20.8. The summed E-state index contributed by atoms with van der Waals surface area (Å²) in [4.78, 5) is 19.8. The highest BCUT2D eigenvalue weighted by atomic mass is 32.2. The van der Waals surface area contributed by atoms with Gasteiger partial charge in [-0.15, -0.1) is 0 Å². The maximum Gasteiger partial charge on any atom is 0.258 e. The average molecular weight is 471 g/mol. The molecule has 6 rings (SSSR count). The molecular formula is C30H34N2OS. The number of rotatable bonds is 5. The number of thioether (sulfide) groups is 1. The molecule has 3 aliphatic rings. The predicted molar refractivity (Wildman–Crippen MR) is 140 cm³/mol. The summed E-state index contributed by atoms with van der Waals surface area (Å²) in [7, 11) is 0. The van der Waals surface area contributed by atoms with Crippen LogP contribution in [0.3, 0.4) is 0 Å². The van der Waals surface area contributed by atoms with Gasteiger partial charge in [0.25, 0.3) is 5.56 Å². The Labute approximate surface area is 207 Å². The van der Waals surface area contributed by atoms with E-state index >= 15 is 0 Å². The summed E-state index contributed by atoms with van der Waals surface area (Å²) in [5, 5.41) is 0.905. The maximum absolute atomic E-state index is 14.4. The molecule has 0 saturated heterocycles. The van der Waals surface area contributed by atoms with Gasteiger partial charge in [-0.2, -0.15) is 0 Å². The molecule has 3 aliphatic carbocycles. The summed E-state index contributed by atoms with van der Waals surface area (Å²) in [5.74, 6) is 1.44. The largest absolute Gasteiger partial charge is 0.287 e.